The van der Waals surface area contributed by atoms with E-state index in [2.05, 4.69) is 19.2 Å². The van der Waals surface area contributed by atoms with Gasteiger partial charge in [-0.3, -0.25) is 0 Å². The first-order chi connectivity index (χ1) is 6.66. The SMILES string of the molecule is CC(CN)CCCNC1(C)CCOC1. The Bertz CT molecular complexity index is 155. The Morgan fingerprint density at radius 1 is 1.57 bits per heavy atom. The van der Waals surface area contributed by atoms with Gasteiger partial charge in [0.25, 0.3) is 0 Å². The number of hydrogen-bond acceptors (Lipinski definition) is 3. The van der Waals surface area contributed by atoms with Gasteiger partial charge in [-0.1, -0.05) is 6.92 Å². The van der Waals surface area contributed by atoms with Crippen LogP contribution in [0.5, 0.6) is 0 Å². The molecule has 3 nitrogen and oxygen atoms in total. The second-order valence-corrected chi connectivity index (χ2v) is 4.77. The minimum Gasteiger partial charge on any atom is -0.379 e. The maximum Gasteiger partial charge on any atom is 0.0646 e. The van der Waals surface area contributed by atoms with E-state index in [1.54, 1.807) is 0 Å². The monoisotopic (exact) mass is 200 g/mol. The fourth-order valence-corrected chi connectivity index (χ4v) is 1.76. The number of ether oxygens (including phenoxy) is 1. The molecule has 0 aromatic heterocycles. The smallest absolute Gasteiger partial charge is 0.0646 e. The first kappa shape index (κ1) is 12.0. The zero-order chi connectivity index (χ0) is 10.4. The van der Waals surface area contributed by atoms with Crippen LogP contribution in [0.4, 0.5) is 0 Å². The Morgan fingerprint density at radius 3 is 2.93 bits per heavy atom. The summed E-state index contributed by atoms with van der Waals surface area (Å²) >= 11 is 0. The highest BCUT2D eigenvalue weighted by atomic mass is 16.5. The Hall–Kier alpha value is -0.120. The van der Waals surface area contributed by atoms with E-state index in [1.165, 1.54) is 12.8 Å². The lowest BCUT2D eigenvalue weighted by Crippen LogP contribution is -2.43. The molecule has 0 aromatic carbocycles. The third kappa shape index (κ3) is 3.95. The molecule has 84 valence electrons. The quantitative estimate of drug-likeness (QED) is 0.632. The average molecular weight is 200 g/mol. The summed E-state index contributed by atoms with van der Waals surface area (Å²) in [5.74, 6) is 0.657. The van der Waals surface area contributed by atoms with Crippen molar-refractivity contribution in [2.45, 2.75) is 38.6 Å². The summed E-state index contributed by atoms with van der Waals surface area (Å²) in [6.07, 6.45) is 3.58. The van der Waals surface area contributed by atoms with Crippen LogP contribution in [-0.4, -0.2) is 31.8 Å². The van der Waals surface area contributed by atoms with Gasteiger partial charge >= 0.3 is 0 Å². The maximum atomic E-state index is 5.56. The van der Waals surface area contributed by atoms with Crippen molar-refractivity contribution in [1.29, 1.82) is 0 Å². The van der Waals surface area contributed by atoms with E-state index in [1.807, 2.05) is 0 Å². The number of hydrogen-bond donors (Lipinski definition) is 2. The predicted molar refractivity (Wildman–Crippen MR) is 59.3 cm³/mol. The summed E-state index contributed by atoms with van der Waals surface area (Å²) < 4.78 is 5.38. The van der Waals surface area contributed by atoms with Crippen LogP contribution in [0.15, 0.2) is 0 Å². The molecule has 1 saturated heterocycles. The zero-order valence-corrected chi connectivity index (χ0v) is 9.51. The predicted octanol–water partition coefficient (Wildman–Crippen LogP) is 1.13. The summed E-state index contributed by atoms with van der Waals surface area (Å²) in [4.78, 5) is 0. The van der Waals surface area contributed by atoms with E-state index < -0.39 is 0 Å². The fraction of sp³-hybridized carbons (Fsp3) is 1.00. The van der Waals surface area contributed by atoms with Crippen LogP contribution in [0, 0.1) is 5.92 Å². The van der Waals surface area contributed by atoms with Gasteiger partial charge in [0.15, 0.2) is 0 Å². The van der Waals surface area contributed by atoms with E-state index in [0.29, 0.717) is 5.92 Å². The number of nitrogens with one attached hydrogen (secondary N) is 1. The van der Waals surface area contributed by atoms with Crippen molar-refractivity contribution >= 4 is 0 Å². The van der Waals surface area contributed by atoms with Gasteiger partial charge in [0, 0.05) is 12.1 Å². The molecule has 3 heteroatoms. The lowest BCUT2D eigenvalue weighted by molar-refractivity contribution is 0.171. The van der Waals surface area contributed by atoms with Gasteiger partial charge in [0.1, 0.15) is 0 Å². The normalized spacial score (nSPS) is 29.4. The summed E-state index contributed by atoms with van der Waals surface area (Å²) in [7, 11) is 0. The van der Waals surface area contributed by atoms with E-state index in [4.69, 9.17) is 10.5 Å². The first-order valence-corrected chi connectivity index (χ1v) is 5.69. The first-order valence-electron chi connectivity index (χ1n) is 5.69. The van der Waals surface area contributed by atoms with Gasteiger partial charge in [-0.05, 0) is 45.2 Å². The van der Waals surface area contributed by atoms with E-state index in [9.17, 15) is 0 Å². The zero-order valence-electron chi connectivity index (χ0n) is 9.51. The Kier molecular flexibility index (Phi) is 4.85. The third-order valence-corrected chi connectivity index (χ3v) is 3.05. The molecule has 0 bridgehead atoms. The molecule has 14 heavy (non-hydrogen) atoms. The molecule has 1 rings (SSSR count). The van der Waals surface area contributed by atoms with Crippen molar-refractivity contribution in [2.75, 3.05) is 26.3 Å². The second kappa shape index (κ2) is 5.69. The molecule has 0 amide bonds. The van der Waals surface area contributed by atoms with Crippen LogP contribution in [0.25, 0.3) is 0 Å². The largest absolute Gasteiger partial charge is 0.379 e. The molecule has 1 aliphatic heterocycles. The molecular formula is C11H24N2O. The summed E-state index contributed by atoms with van der Waals surface area (Å²) in [5.41, 5.74) is 5.79. The van der Waals surface area contributed by atoms with Gasteiger partial charge in [0.05, 0.1) is 6.61 Å². The van der Waals surface area contributed by atoms with Gasteiger partial charge in [0.2, 0.25) is 0 Å². The number of rotatable bonds is 6. The van der Waals surface area contributed by atoms with Crippen molar-refractivity contribution in [3.63, 3.8) is 0 Å². The molecule has 2 atom stereocenters. The molecule has 0 aliphatic carbocycles. The highest BCUT2D eigenvalue weighted by molar-refractivity contribution is 4.86. The van der Waals surface area contributed by atoms with E-state index >= 15 is 0 Å². The van der Waals surface area contributed by atoms with Crippen LogP contribution in [-0.2, 0) is 4.74 Å². The Balaban J connectivity index is 2.03. The molecule has 0 saturated carbocycles. The topological polar surface area (TPSA) is 47.3 Å². The van der Waals surface area contributed by atoms with Gasteiger partial charge < -0.3 is 15.8 Å². The van der Waals surface area contributed by atoms with Crippen LogP contribution in [0.3, 0.4) is 0 Å². The lowest BCUT2D eigenvalue weighted by atomic mass is 10.0. The van der Waals surface area contributed by atoms with Crippen LogP contribution < -0.4 is 11.1 Å². The lowest BCUT2D eigenvalue weighted by Gasteiger charge is -2.23. The molecule has 1 aliphatic rings. The van der Waals surface area contributed by atoms with Crippen LogP contribution >= 0.6 is 0 Å². The molecule has 0 spiro atoms. The molecule has 3 N–H and O–H groups in total. The number of nitrogens with two attached hydrogens (primary N) is 1. The second-order valence-electron chi connectivity index (χ2n) is 4.77. The molecule has 0 aromatic rings. The Morgan fingerprint density at radius 2 is 2.36 bits per heavy atom. The molecule has 0 radical (unpaired) electrons. The average Bonchev–Trinajstić information content (AvgIpc) is 2.60. The standard InChI is InChI=1S/C11H24N2O/c1-10(8-12)4-3-6-13-11(2)5-7-14-9-11/h10,13H,3-9,12H2,1-2H3. The minimum atomic E-state index is 0.228. The molecule has 1 heterocycles. The van der Waals surface area contributed by atoms with E-state index in [0.717, 1.165) is 32.7 Å². The van der Waals surface area contributed by atoms with Gasteiger partial charge in [-0.15, -0.1) is 0 Å². The van der Waals surface area contributed by atoms with Gasteiger partial charge in [-0.2, -0.15) is 0 Å². The maximum absolute atomic E-state index is 5.56. The minimum absolute atomic E-state index is 0.228. The van der Waals surface area contributed by atoms with Crippen LogP contribution in [0.1, 0.15) is 33.1 Å². The van der Waals surface area contributed by atoms with Crippen molar-refractivity contribution < 1.29 is 4.74 Å². The third-order valence-electron chi connectivity index (χ3n) is 3.05. The summed E-state index contributed by atoms with van der Waals surface area (Å²) in [5, 5.41) is 3.57. The molecule has 2 unspecified atom stereocenters. The van der Waals surface area contributed by atoms with E-state index in [-0.39, 0.29) is 5.54 Å². The summed E-state index contributed by atoms with van der Waals surface area (Å²) in [6.45, 7) is 8.11. The fourth-order valence-electron chi connectivity index (χ4n) is 1.76. The van der Waals surface area contributed by atoms with Crippen LogP contribution in [0.2, 0.25) is 0 Å². The van der Waals surface area contributed by atoms with Gasteiger partial charge in [-0.25, -0.2) is 0 Å². The molecular weight excluding hydrogens is 176 g/mol. The van der Waals surface area contributed by atoms with Crippen molar-refractivity contribution in [3.05, 3.63) is 0 Å². The van der Waals surface area contributed by atoms with Crippen molar-refractivity contribution in [3.8, 4) is 0 Å². The highest BCUT2D eigenvalue weighted by Gasteiger charge is 2.28. The summed E-state index contributed by atoms with van der Waals surface area (Å²) in [6, 6.07) is 0. The van der Waals surface area contributed by atoms with Crippen molar-refractivity contribution in [2.24, 2.45) is 11.7 Å². The Labute approximate surface area is 87.4 Å². The molecule has 1 fully saturated rings. The van der Waals surface area contributed by atoms with Crippen molar-refractivity contribution in [1.82, 2.24) is 5.32 Å². The highest BCUT2D eigenvalue weighted by Crippen LogP contribution is 2.17.